The van der Waals surface area contributed by atoms with E-state index in [-0.39, 0.29) is 5.41 Å². The van der Waals surface area contributed by atoms with E-state index < -0.39 is 12.0 Å². The molecule has 0 bridgehead atoms. The van der Waals surface area contributed by atoms with E-state index in [9.17, 15) is 9.90 Å². The van der Waals surface area contributed by atoms with Crippen molar-refractivity contribution in [2.24, 2.45) is 5.73 Å². The molecule has 8 heteroatoms. The lowest BCUT2D eigenvalue weighted by atomic mass is 9.87. The summed E-state index contributed by atoms with van der Waals surface area (Å²) in [7, 11) is 0. The molecule has 5 nitrogen and oxygen atoms in total. The van der Waals surface area contributed by atoms with Crippen LogP contribution in [0, 0.1) is 0 Å². The quantitative estimate of drug-likeness (QED) is 0.430. The topological polar surface area (TPSA) is 88.2 Å². The number of anilines is 1. The molecule has 1 unspecified atom stereocenters. The maximum Gasteiger partial charge on any atom is 0.258 e. The summed E-state index contributed by atoms with van der Waals surface area (Å²) in [5, 5.41) is 15.6. The molecular formula is C21H25N3O2S3. The molecule has 29 heavy (non-hydrogen) atoms. The molecule has 2 aromatic heterocycles. The van der Waals surface area contributed by atoms with Crippen molar-refractivity contribution in [1.82, 2.24) is 4.98 Å². The summed E-state index contributed by atoms with van der Waals surface area (Å²) in [6.07, 6.45) is -0.492. The number of hydrogen-bond donors (Lipinski definition) is 3. The van der Waals surface area contributed by atoms with Crippen molar-refractivity contribution in [3.63, 3.8) is 0 Å². The number of thiazole rings is 1. The van der Waals surface area contributed by atoms with Gasteiger partial charge >= 0.3 is 0 Å². The first-order valence-electron chi connectivity index (χ1n) is 9.23. The number of nitrogens with zero attached hydrogens (tertiary/aromatic N) is 1. The van der Waals surface area contributed by atoms with Gasteiger partial charge in [0, 0.05) is 23.4 Å². The van der Waals surface area contributed by atoms with Crippen molar-refractivity contribution in [3.05, 3.63) is 52.2 Å². The van der Waals surface area contributed by atoms with Crippen LogP contribution in [0.25, 0.3) is 10.6 Å². The second kappa shape index (κ2) is 9.30. The van der Waals surface area contributed by atoms with E-state index in [2.05, 4.69) is 43.2 Å². The molecule has 0 saturated carbocycles. The molecule has 0 fully saturated rings. The third-order valence-electron chi connectivity index (χ3n) is 4.25. The highest BCUT2D eigenvalue weighted by atomic mass is 32.2. The van der Waals surface area contributed by atoms with Gasteiger partial charge in [-0.3, -0.25) is 4.79 Å². The van der Waals surface area contributed by atoms with Gasteiger partial charge in [-0.1, -0.05) is 44.7 Å². The predicted octanol–water partition coefficient (Wildman–Crippen LogP) is 4.83. The molecule has 3 aromatic rings. The molecular weight excluding hydrogens is 422 g/mol. The lowest BCUT2D eigenvalue weighted by Crippen LogP contribution is -2.22. The average Bonchev–Trinajstić information content (AvgIpc) is 3.33. The number of aliphatic hydroxyl groups is 1. The molecule has 1 amide bonds. The summed E-state index contributed by atoms with van der Waals surface area (Å²) in [4.78, 5) is 17.3. The highest BCUT2D eigenvalue weighted by molar-refractivity contribution is 8.01. The minimum atomic E-state index is -0.492. The van der Waals surface area contributed by atoms with Crippen LogP contribution in [0.3, 0.4) is 0 Å². The first kappa shape index (κ1) is 21.8. The maximum absolute atomic E-state index is 11.2. The molecule has 1 atom stereocenters. The molecule has 2 heterocycles. The van der Waals surface area contributed by atoms with E-state index in [1.165, 1.54) is 40.0 Å². The van der Waals surface area contributed by atoms with E-state index in [1.54, 1.807) is 6.07 Å². The summed E-state index contributed by atoms with van der Waals surface area (Å²) < 4.78 is 0.891. The highest BCUT2D eigenvalue weighted by Gasteiger charge is 2.15. The van der Waals surface area contributed by atoms with Crippen LogP contribution < -0.4 is 11.1 Å². The van der Waals surface area contributed by atoms with Gasteiger partial charge in [0.25, 0.3) is 5.91 Å². The SMILES string of the molecule is CC(C)(C)c1cccc(NCC(O)CSc2nc(-c3ccc(C(N)=O)s3)cs2)c1. The standard InChI is InChI=1S/C21H25N3O2S3/c1-21(2,3)13-5-4-6-14(9-13)23-10-15(25)11-27-20-24-16(12-28-20)17-7-8-18(29-17)19(22)26/h4-9,12,15,23,25H,10-11H2,1-3H3,(H2,22,26). The fraction of sp³-hybridized carbons (Fsp3) is 0.333. The van der Waals surface area contributed by atoms with Gasteiger partial charge < -0.3 is 16.2 Å². The average molecular weight is 448 g/mol. The van der Waals surface area contributed by atoms with Gasteiger partial charge in [0.05, 0.1) is 21.6 Å². The number of rotatable bonds is 8. The van der Waals surface area contributed by atoms with Gasteiger partial charge in [0.15, 0.2) is 4.34 Å². The Morgan fingerprint density at radius 1 is 1.31 bits per heavy atom. The summed E-state index contributed by atoms with van der Waals surface area (Å²) >= 11 is 4.41. The number of nitrogens with one attached hydrogen (secondary N) is 1. The second-order valence-corrected chi connectivity index (χ2v) is 10.9. The summed E-state index contributed by atoms with van der Waals surface area (Å²) in [5.74, 6) is 0.130. The molecule has 0 spiro atoms. The Morgan fingerprint density at radius 3 is 2.79 bits per heavy atom. The Labute approximate surface area is 183 Å². The number of benzene rings is 1. The fourth-order valence-corrected chi connectivity index (χ4v) is 5.28. The first-order valence-corrected chi connectivity index (χ1v) is 11.9. The molecule has 4 N–H and O–H groups in total. The van der Waals surface area contributed by atoms with Crippen molar-refractivity contribution < 1.29 is 9.90 Å². The Morgan fingerprint density at radius 2 is 2.10 bits per heavy atom. The summed E-state index contributed by atoms with van der Waals surface area (Å²) in [6, 6.07) is 11.9. The molecule has 0 saturated heterocycles. The van der Waals surface area contributed by atoms with Crippen LogP contribution in [0.1, 0.15) is 36.0 Å². The van der Waals surface area contributed by atoms with Crippen molar-refractivity contribution >= 4 is 46.0 Å². The first-order chi connectivity index (χ1) is 13.7. The number of aromatic nitrogens is 1. The van der Waals surface area contributed by atoms with Crippen molar-refractivity contribution in [2.45, 2.75) is 36.6 Å². The lowest BCUT2D eigenvalue weighted by Gasteiger charge is -2.20. The summed E-state index contributed by atoms with van der Waals surface area (Å²) in [5.41, 5.74) is 8.51. The normalized spacial score (nSPS) is 12.7. The van der Waals surface area contributed by atoms with Gasteiger partial charge in [-0.05, 0) is 35.2 Å². The number of carbonyl (C=O) groups is 1. The van der Waals surface area contributed by atoms with E-state index in [1.807, 2.05) is 23.6 Å². The zero-order chi connectivity index (χ0) is 21.0. The van der Waals surface area contributed by atoms with E-state index in [0.29, 0.717) is 17.2 Å². The van der Waals surface area contributed by atoms with Crippen LogP contribution in [0.4, 0.5) is 5.69 Å². The monoisotopic (exact) mass is 447 g/mol. The van der Waals surface area contributed by atoms with Gasteiger partial charge in [-0.2, -0.15) is 0 Å². The van der Waals surface area contributed by atoms with E-state index >= 15 is 0 Å². The Kier molecular flexibility index (Phi) is 7.00. The van der Waals surface area contributed by atoms with Gasteiger partial charge in [0.1, 0.15) is 0 Å². The Balaban J connectivity index is 1.50. The molecule has 3 rings (SSSR count). The molecule has 154 valence electrons. The number of primary amides is 1. The lowest BCUT2D eigenvalue weighted by molar-refractivity contribution is 0.100. The van der Waals surface area contributed by atoms with Crippen LogP contribution in [-0.4, -0.2) is 34.4 Å². The zero-order valence-corrected chi connectivity index (χ0v) is 19.1. The highest BCUT2D eigenvalue weighted by Crippen LogP contribution is 2.32. The number of carbonyl (C=O) groups excluding carboxylic acids is 1. The van der Waals surface area contributed by atoms with Gasteiger partial charge in [0.2, 0.25) is 0 Å². The largest absolute Gasteiger partial charge is 0.390 e. The Hall–Kier alpha value is -1.87. The molecule has 0 aliphatic heterocycles. The third kappa shape index (κ3) is 6.05. The van der Waals surface area contributed by atoms with Crippen LogP contribution in [0.2, 0.25) is 0 Å². The maximum atomic E-state index is 11.2. The van der Waals surface area contributed by atoms with Gasteiger partial charge in [-0.15, -0.1) is 22.7 Å². The van der Waals surface area contributed by atoms with Crippen molar-refractivity contribution in [1.29, 1.82) is 0 Å². The van der Waals surface area contributed by atoms with E-state index in [0.717, 1.165) is 20.6 Å². The number of thioether (sulfide) groups is 1. The Bertz CT molecular complexity index is 975. The minimum absolute atomic E-state index is 0.0927. The number of hydrogen-bond acceptors (Lipinski definition) is 7. The number of nitrogens with two attached hydrogens (primary N) is 1. The van der Waals surface area contributed by atoms with Crippen LogP contribution in [-0.2, 0) is 5.41 Å². The second-order valence-electron chi connectivity index (χ2n) is 7.70. The van der Waals surface area contributed by atoms with Gasteiger partial charge in [-0.25, -0.2) is 4.98 Å². The number of thiophene rings is 1. The zero-order valence-electron chi connectivity index (χ0n) is 16.6. The summed E-state index contributed by atoms with van der Waals surface area (Å²) in [6.45, 7) is 7.03. The number of amides is 1. The van der Waals surface area contributed by atoms with Crippen LogP contribution in [0.5, 0.6) is 0 Å². The predicted molar refractivity (Wildman–Crippen MR) is 124 cm³/mol. The van der Waals surface area contributed by atoms with Crippen molar-refractivity contribution in [3.8, 4) is 10.6 Å². The van der Waals surface area contributed by atoms with Crippen LogP contribution >= 0.6 is 34.4 Å². The molecule has 0 radical (unpaired) electrons. The fourth-order valence-electron chi connectivity index (χ4n) is 2.60. The third-order valence-corrected chi connectivity index (χ3v) is 7.54. The van der Waals surface area contributed by atoms with E-state index in [4.69, 9.17) is 5.73 Å². The molecule has 0 aliphatic carbocycles. The van der Waals surface area contributed by atoms with Crippen molar-refractivity contribution in [2.75, 3.05) is 17.6 Å². The minimum Gasteiger partial charge on any atom is -0.390 e. The molecule has 0 aliphatic rings. The number of aliphatic hydroxyl groups excluding tert-OH is 1. The smallest absolute Gasteiger partial charge is 0.258 e. The molecule has 1 aromatic carbocycles. The van der Waals surface area contributed by atoms with Crippen LogP contribution in [0.15, 0.2) is 46.1 Å².